The molecule has 0 saturated carbocycles. The molecule has 2 aromatic rings. The van der Waals surface area contributed by atoms with Gasteiger partial charge in [-0.2, -0.15) is 0 Å². The third kappa shape index (κ3) is 1.71. The third-order valence-corrected chi connectivity index (χ3v) is 1.88. The number of benzene rings is 1. The van der Waals surface area contributed by atoms with Crippen molar-refractivity contribution in [2.45, 2.75) is 0 Å². The van der Waals surface area contributed by atoms with E-state index in [9.17, 15) is 0 Å². The highest BCUT2D eigenvalue weighted by molar-refractivity contribution is 5.59. The molecule has 0 unspecified atom stereocenters. The average Bonchev–Trinajstić information content (AvgIpc) is 2.30. The van der Waals surface area contributed by atoms with E-state index in [0.29, 0.717) is 0 Å². The first-order valence-corrected chi connectivity index (χ1v) is 4.22. The van der Waals surface area contributed by atoms with Crippen LogP contribution in [0.5, 0.6) is 5.75 Å². The van der Waals surface area contributed by atoms with Crippen molar-refractivity contribution in [2.24, 2.45) is 0 Å². The van der Waals surface area contributed by atoms with Crippen LogP contribution in [0.4, 0.5) is 0 Å². The van der Waals surface area contributed by atoms with E-state index in [1.54, 1.807) is 13.3 Å². The lowest BCUT2D eigenvalue weighted by Crippen LogP contribution is -1.86. The Morgan fingerprint density at radius 3 is 3.00 bits per heavy atom. The molecule has 1 aromatic heterocycles. The molecule has 0 N–H and O–H groups in total. The summed E-state index contributed by atoms with van der Waals surface area (Å²) < 4.78 is 5.12. The molecular formula is C11H9N2O. The van der Waals surface area contributed by atoms with Crippen LogP contribution in [0.3, 0.4) is 0 Å². The first-order valence-electron chi connectivity index (χ1n) is 4.22. The lowest BCUT2D eigenvalue weighted by molar-refractivity contribution is 0.415. The van der Waals surface area contributed by atoms with Crippen molar-refractivity contribution in [1.29, 1.82) is 0 Å². The van der Waals surface area contributed by atoms with Gasteiger partial charge in [0.05, 0.1) is 25.2 Å². The van der Waals surface area contributed by atoms with Crippen molar-refractivity contribution in [3.05, 3.63) is 42.9 Å². The molecule has 0 bridgehead atoms. The van der Waals surface area contributed by atoms with Crippen molar-refractivity contribution in [1.82, 2.24) is 9.97 Å². The van der Waals surface area contributed by atoms with Crippen LogP contribution in [0, 0.1) is 6.20 Å². The summed E-state index contributed by atoms with van der Waals surface area (Å²) in [6.45, 7) is 0. The monoisotopic (exact) mass is 185 g/mol. The fourth-order valence-corrected chi connectivity index (χ4v) is 1.19. The lowest BCUT2D eigenvalue weighted by atomic mass is 10.1. The Labute approximate surface area is 82.4 Å². The number of nitrogens with zero attached hydrogens (tertiary/aromatic N) is 2. The van der Waals surface area contributed by atoms with Crippen LogP contribution in [-0.4, -0.2) is 17.1 Å². The van der Waals surface area contributed by atoms with Gasteiger partial charge in [-0.1, -0.05) is 12.1 Å². The molecular weight excluding hydrogens is 176 g/mol. The van der Waals surface area contributed by atoms with Gasteiger partial charge >= 0.3 is 0 Å². The number of methoxy groups -OCH3 is 1. The molecule has 3 nitrogen and oxygen atoms in total. The van der Waals surface area contributed by atoms with Crippen molar-refractivity contribution in [3.63, 3.8) is 0 Å². The molecule has 0 saturated heterocycles. The van der Waals surface area contributed by atoms with Crippen LogP contribution >= 0.6 is 0 Å². The Balaban J connectivity index is 2.42. The fourth-order valence-electron chi connectivity index (χ4n) is 1.19. The number of ether oxygens (including phenoxy) is 1. The molecule has 2 rings (SSSR count). The van der Waals surface area contributed by atoms with E-state index in [1.165, 1.54) is 6.20 Å². The van der Waals surface area contributed by atoms with Crippen LogP contribution in [0.15, 0.2) is 36.7 Å². The molecule has 1 heterocycles. The Bertz CT molecular complexity index is 415. The summed E-state index contributed by atoms with van der Waals surface area (Å²) in [4.78, 5) is 8.04. The van der Waals surface area contributed by atoms with E-state index in [4.69, 9.17) is 4.74 Å². The minimum Gasteiger partial charge on any atom is -0.497 e. The van der Waals surface area contributed by atoms with E-state index < -0.39 is 0 Å². The van der Waals surface area contributed by atoms with Crippen molar-refractivity contribution < 1.29 is 4.74 Å². The molecule has 3 heteroatoms. The highest BCUT2D eigenvalue weighted by Gasteiger charge is 1.99. The van der Waals surface area contributed by atoms with Crippen LogP contribution in [-0.2, 0) is 0 Å². The molecule has 0 atom stereocenters. The van der Waals surface area contributed by atoms with Gasteiger partial charge in [-0.05, 0) is 12.1 Å². The predicted molar refractivity (Wildman–Crippen MR) is 52.9 cm³/mol. The summed E-state index contributed by atoms with van der Waals surface area (Å²) in [6, 6.07) is 7.69. The second kappa shape index (κ2) is 3.87. The smallest absolute Gasteiger partial charge is 0.119 e. The molecule has 0 aliphatic rings. The first kappa shape index (κ1) is 8.69. The lowest BCUT2D eigenvalue weighted by Gasteiger charge is -2.02. The maximum absolute atomic E-state index is 5.12. The molecule has 0 aliphatic heterocycles. The quantitative estimate of drug-likeness (QED) is 0.717. The molecule has 0 amide bonds. The fraction of sp³-hybridized carbons (Fsp3) is 0.0909. The molecule has 0 spiro atoms. The number of aromatic nitrogens is 2. The Hall–Kier alpha value is -1.90. The highest BCUT2D eigenvalue weighted by Crippen LogP contribution is 2.20. The second-order valence-electron chi connectivity index (χ2n) is 2.77. The highest BCUT2D eigenvalue weighted by atomic mass is 16.5. The summed E-state index contributed by atoms with van der Waals surface area (Å²) in [7, 11) is 1.64. The maximum Gasteiger partial charge on any atom is 0.119 e. The van der Waals surface area contributed by atoms with Gasteiger partial charge in [0, 0.05) is 5.56 Å². The largest absolute Gasteiger partial charge is 0.497 e. The van der Waals surface area contributed by atoms with Gasteiger partial charge in [0.25, 0.3) is 0 Å². The minimum atomic E-state index is 0.798. The summed E-state index contributed by atoms with van der Waals surface area (Å²) in [6.07, 6.45) is 5.93. The van der Waals surface area contributed by atoms with Crippen LogP contribution in [0.25, 0.3) is 11.3 Å². The standard InChI is InChI=1S/C11H9N2O/c1-14-10-4-2-3-9(7-10)11-8-12-5-6-13-11/h2-5,7-8H,1H3. The second-order valence-corrected chi connectivity index (χ2v) is 2.77. The zero-order valence-electron chi connectivity index (χ0n) is 7.77. The molecule has 69 valence electrons. The molecule has 1 aromatic carbocycles. The van der Waals surface area contributed by atoms with Crippen molar-refractivity contribution in [2.75, 3.05) is 7.11 Å². The molecule has 0 fully saturated rings. The van der Waals surface area contributed by atoms with Gasteiger partial charge < -0.3 is 4.74 Å². The maximum atomic E-state index is 5.12. The summed E-state index contributed by atoms with van der Waals surface area (Å²) >= 11 is 0. The Kier molecular flexibility index (Phi) is 2.40. The van der Waals surface area contributed by atoms with Gasteiger partial charge in [0.2, 0.25) is 0 Å². The molecule has 0 aliphatic carbocycles. The van der Waals surface area contributed by atoms with Gasteiger partial charge in [0.15, 0.2) is 0 Å². The van der Waals surface area contributed by atoms with E-state index in [0.717, 1.165) is 17.0 Å². The Morgan fingerprint density at radius 2 is 2.29 bits per heavy atom. The van der Waals surface area contributed by atoms with Crippen LogP contribution in [0.2, 0.25) is 0 Å². The van der Waals surface area contributed by atoms with E-state index in [-0.39, 0.29) is 0 Å². The van der Waals surface area contributed by atoms with Gasteiger partial charge in [-0.3, -0.25) is 4.98 Å². The van der Waals surface area contributed by atoms with E-state index in [2.05, 4.69) is 16.2 Å². The third-order valence-electron chi connectivity index (χ3n) is 1.88. The van der Waals surface area contributed by atoms with Gasteiger partial charge in [0.1, 0.15) is 11.9 Å². The molecule has 14 heavy (non-hydrogen) atoms. The number of hydrogen-bond acceptors (Lipinski definition) is 3. The topological polar surface area (TPSA) is 35.0 Å². The Morgan fingerprint density at radius 1 is 1.36 bits per heavy atom. The van der Waals surface area contributed by atoms with Crippen molar-refractivity contribution >= 4 is 0 Å². The van der Waals surface area contributed by atoms with Gasteiger partial charge in [-0.25, -0.2) is 4.98 Å². The predicted octanol–water partition coefficient (Wildman–Crippen LogP) is 1.95. The number of rotatable bonds is 2. The van der Waals surface area contributed by atoms with E-state index >= 15 is 0 Å². The SMILES string of the molecule is COc1cccc(-c2cnc[c]n2)c1. The zero-order chi connectivity index (χ0) is 9.80. The minimum absolute atomic E-state index is 0.798. The van der Waals surface area contributed by atoms with Crippen LogP contribution in [0.1, 0.15) is 0 Å². The molecule has 1 radical (unpaired) electrons. The summed E-state index contributed by atoms with van der Waals surface area (Å²) in [5.41, 5.74) is 1.78. The number of hydrogen-bond donors (Lipinski definition) is 0. The van der Waals surface area contributed by atoms with Crippen molar-refractivity contribution in [3.8, 4) is 17.0 Å². The van der Waals surface area contributed by atoms with E-state index in [1.807, 2.05) is 24.3 Å². The first-order chi connectivity index (χ1) is 6.90. The average molecular weight is 185 g/mol. The summed E-state index contributed by atoms with van der Waals surface area (Å²) in [5.74, 6) is 0.813. The summed E-state index contributed by atoms with van der Waals surface area (Å²) in [5, 5.41) is 0. The zero-order valence-corrected chi connectivity index (χ0v) is 7.77. The normalized spacial score (nSPS) is 9.79. The van der Waals surface area contributed by atoms with Gasteiger partial charge in [-0.15, -0.1) is 0 Å². The van der Waals surface area contributed by atoms with Crippen LogP contribution < -0.4 is 4.74 Å².